The number of anilines is 1. The largest absolute Gasteiger partial charge is 0.442 e. The number of ether oxygens (including phenoxy) is 1. The van der Waals surface area contributed by atoms with E-state index in [-0.39, 0.29) is 18.2 Å². The molecule has 1 saturated heterocycles. The number of nitrogens with zero attached hydrogens (tertiary/aromatic N) is 5. The first-order valence-electron chi connectivity index (χ1n) is 9.38. The van der Waals surface area contributed by atoms with Crippen molar-refractivity contribution in [3.63, 3.8) is 0 Å². The number of benzene rings is 1. The Balaban J connectivity index is 1.49. The van der Waals surface area contributed by atoms with Gasteiger partial charge >= 0.3 is 6.09 Å². The van der Waals surface area contributed by atoms with E-state index >= 15 is 0 Å². The van der Waals surface area contributed by atoms with Gasteiger partial charge in [-0.25, -0.2) is 18.1 Å². The van der Waals surface area contributed by atoms with Gasteiger partial charge in [0.2, 0.25) is 0 Å². The molecule has 30 heavy (non-hydrogen) atoms. The van der Waals surface area contributed by atoms with Crippen LogP contribution in [0.1, 0.15) is 24.8 Å². The van der Waals surface area contributed by atoms with Crippen molar-refractivity contribution in [2.45, 2.75) is 31.9 Å². The molecule has 0 bridgehead atoms. The summed E-state index contributed by atoms with van der Waals surface area (Å²) in [6.07, 6.45) is 4.29. The second kappa shape index (κ2) is 7.98. The summed E-state index contributed by atoms with van der Waals surface area (Å²) in [6.45, 7) is 1.89. The molecule has 2 amide bonds. The lowest BCUT2D eigenvalue weighted by Gasteiger charge is -2.21. The number of carbonyl (C=O) groups is 2. The van der Waals surface area contributed by atoms with E-state index < -0.39 is 33.7 Å². The molecule has 0 saturated carbocycles. The molecule has 2 aliphatic rings. The first-order valence-corrected chi connectivity index (χ1v) is 11.1. The van der Waals surface area contributed by atoms with Crippen molar-refractivity contribution in [3.05, 3.63) is 53.5 Å². The molecule has 0 radical (unpaired) electrons. The van der Waals surface area contributed by atoms with Crippen LogP contribution in [0.4, 0.5) is 14.9 Å². The van der Waals surface area contributed by atoms with Gasteiger partial charge in [0.15, 0.2) is 0 Å². The van der Waals surface area contributed by atoms with Crippen molar-refractivity contribution in [2.24, 2.45) is 4.36 Å². The molecule has 0 aliphatic carbocycles. The number of allylic oxidation sites excluding steroid dienone is 1. The van der Waals surface area contributed by atoms with E-state index in [0.717, 1.165) is 0 Å². The third-order valence-electron chi connectivity index (χ3n) is 4.96. The molecule has 158 valence electrons. The predicted octanol–water partition coefficient (Wildman–Crippen LogP) is 2.46. The zero-order valence-corrected chi connectivity index (χ0v) is 17.0. The van der Waals surface area contributed by atoms with Crippen molar-refractivity contribution >= 4 is 27.4 Å². The van der Waals surface area contributed by atoms with Crippen molar-refractivity contribution in [2.75, 3.05) is 17.2 Å². The minimum absolute atomic E-state index is 0.192. The molecule has 2 aliphatic heterocycles. The number of hydrogen-bond acceptors (Lipinski definition) is 6. The van der Waals surface area contributed by atoms with Crippen LogP contribution in [-0.4, -0.2) is 49.6 Å². The molecule has 1 aromatic heterocycles. The Kier molecular flexibility index (Phi) is 5.37. The number of amides is 2. The minimum Gasteiger partial charge on any atom is -0.442 e. The first kappa shape index (κ1) is 20.2. The highest BCUT2D eigenvalue weighted by molar-refractivity contribution is 7.96. The Hall–Kier alpha value is -3.08. The Morgan fingerprint density at radius 3 is 2.90 bits per heavy atom. The highest BCUT2D eigenvalue weighted by atomic mass is 32.2. The normalized spacial score (nSPS) is 25.9. The van der Waals surface area contributed by atoms with Gasteiger partial charge in [0.05, 0.1) is 34.7 Å². The minimum atomic E-state index is -2.71. The van der Waals surface area contributed by atoms with Crippen LogP contribution in [0, 0.1) is 5.82 Å². The van der Waals surface area contributed by atoms with Crippen molar-refractivity contribution < 1.29 is 22.9 Å². The summed E-state index contributed by atoms with van der Waals surface area (Å²) in [7, 11) is -2.71. The summed E-state index contributed by atoms with van der Waals surface area (Å²) in [6, 6.07) is 4.58. The molecule has 4 rings (SSSR count). The zero-order chi connectivity index (χ0) is 21.3. The van der Waals surface area contributed by atoms with E-state index in [0.29, 0.717) is 24.2 Å². The summed E-state index contributed by atoms with van der Waals surface area (Å²) in [5.41, 5.74) is 0.837. The predicted molar refractivity (Wildman–Crippen MR) is 107 cm³/mol. The van der Waals surface area contributed by atoms with Crippen molar-refractivity contribution in [3.8, 4) is 0 Å². The number of hydrogen-bond donors (Lipinski definition) is 0. The maximum atomic E-state index is 14.8. The molecule has 9 nitrogen and oxygen atoms in total. The lowest BCUT2D eigenvalue weighted by molar-refractivity contribution is -0.115. The molecule has 1 aromatic carbocycles. The lowest BCUT2D eigenvalue weighted by Crippen LogP contribution is -2.26. The standard InChI is InChI=1S/C19H20FN5O4S/c1-13(26)22-30(28)8-4-14(5-9-30)17-3-2-15(10-18(17)20)25-12-16(29-19(25)27)11-24-7-6-21-23-24/h2-4,6-8,10,14,16H,5,9,11-12H2,1H3/t14?,16-,30?/m0/s1. The van der Waals surface area contributed by atoms with Gasteiger partial charge < -0.3 is 4.74 Å². The Morgan fingerprint density at radius 1 is 1.43 bits per heavy atom. The van der Waals surface area contributed by atoms with Gasteiger partial charge in [0.1, 0.15) is 11.9 Å². The third kappa shape index (κ3) is 4.25. The highest BCUT2D eigenvalue weighted by Crippen LogP contribution is 2.32. The van der Waals surface area contributed by atoms with Crippen LogP contribution in [0.5, 0.6) is 0 Å². The number of halogens is 1. The van der Waals surface area contributed by atoms with E-state index in [9.17, 15) is 18.2 Å². The summed E-state index contributed by atoms with van der Waals surface area (Å²) in [5.74, 6) is -1.04. The Bertz CT molecular complexity index is 1120. The summed E-state index contributed by atoms with van der Waals surface area (Å²) in [5, 5.41) is 8.97. The SMILES string of the molecule is CC(=O)N=S1(=O)C=CC(c2ccc(N3C[C@H](Cn4ccnn4)OC3=O)cc2F)CC1. The molecule has 2 unspecified atom stereocenters. The molecule has 0 N–H and O–H groups in total. The number of carbonyl (C=O) groups excluding carboxylic acids is 2. The van der Waals surface area contributed by atoms with E-state index in [4.69, 9.17) is 4.74 Å². The molecule has 2 aromatic rings. The Labute approximate surface area is 172 Å². The molecule has 0 spiro atoms. The van der Waals surface area contributed by atoms with Crippen molar-refractivity contribution in [1.82, 2.24) is 15.0 Å². The van der Waals surface area contributed by atoms with Gasteiger partial charge in [0, 0.05) is 30.2 Å². The quantitative estimate of drug-likeness (QED) is 0.733. The fourth-order valence-corrected chi connectivity index (χ4v) is 5.33. The Morgan fingerprint density at radius 2 is 2.27 bits per heavy atom. The van der Waals surface area contributed by atoms with Crippen LogP contribution in [0.25, 0.3) is 0 Å². The summed E-state index contributed by atoms with van der Waals surface area (Å²) < 4.78 is 37.9. The monoisotopic (exact) mass is 433 g/mol. The fraction of sp³-hybridized carbons (Fsp3) is 0.368. The first-order chi connectivity index (χ1) is 14.3. The number of cyclic esters (lactones) is 1. The summed E-state index contributed by atoms with van der Waals surface area (Å²) >= 11 is 0. The molecular formula is C19H20FN5O4S. The number of aromatic nitrogens is 3. The van der Waals surface area contributed by atoms with E-state index in [2.05, 4.69) is 14.7 Å². The molecule has 1 fully saturated rings. The van der Waals surface area contributed by atoms with Gasteiger partial charge in [-0.15, -0.1) is 5.10 Å². The van der Waals surface area contributed by atoms with Crippen LogP contribution in [0.15, 0.2) is 46.4 Å². The second-order valence-corrected chi connectivity index (χ2v) is 9.42. The lowest BCUT2D eigenvalue weighted by atomic mass is 9.95. The zero-order valence-electron chi connectivity index (χ0n) is 16.2. The van der Waals surface area contributed by atoms with Gasteiger partial charge in [-0.3, -0.25) is 9.69 Å². The number of rotatable bonds is 4. The van der Waals surface area contributed by atoms with Gasteiger partial charge in [-0.1, -0.05) is 17.4 Å². The highest BCUT2D eigenvalue weighted by Gasteiger charge is 2.33. The molecular weight excluding hydrogens is 413 g/mol. The van der Waals surface area contributed by atoms with Gasteiger partial charge in [0.25, 0.3) is 5.91 Å². The topological polar surface area (TPSA) is 107 Å². The molecule has 3 heterocycles. The van der Waals surface area contributed by atoms with Gasteiger partial charge in [-0.05, 0) is 24.1 Å². The van der Waals surface area contributed by atoms with E-state index in [1.54, 1.807) is 29.1 Å². The third-order valence-corrected chi connectivity index (χ3v) is 6.93. The van der Waals surface area contributed by atoms with E-state index in [1.165, 1.54) is 29.5 Å². The van der Waals surface area contributed by atoms with E-state index in [1.807, 2.05) is 0 Å². The average Bonchev–Trinajstić information content (AvgIpc) is 3.31. The van der Waals surface area contributed by atoms with Crippen LogP contribution in [-0.2, 0) is 25.8 Å². The van der Waals surface area contributed by atoms with Crippen molar-refractivity contribution in [1.29, 1.82) is 0 Å². The maximum absolute atomic E-state index is 14.8. The summed E-state index contributed by atoms with van der Waals surface area (Å²) in [4.78, 5) is 24.7. The maximum Gasteiger partial charge on any atom is 0.414 e. The van der Waals surface area contributed by atoms with Crippen LogP contribution in [0.3, 0.4) is 0 Å². The second-order valence-electron chi connectivity index (χ2n) is 7.18. The average molecular weight is 433 g/mol. The van der Waals surface area contributed by atoms with Crippen LogP contribution in [0.2, 0.25) is 0 Å². The van der Waals surface area contributed by atoms with Crippen LogP contribution < -0.4 is 4.90 Å². The fourth-order valence-electron chi connectivity index (χ4n) is 3.58. The van der Waals surface area contributed by atoms with Crippen LogP contribution >= 0.6 is 0 Å². The molecule has 11 heteroatoms. The smallest absolute Gasteiger partial charge is 0.414 e. The van der Waals surface area contributed by atoms with Gasteiger partial charge in [-0.2, -0.15) is 4.36 Å². The molecule has 3 atom stereocenters.